The summed E-state index contributed by atoms with van der Waals surface area (Å²) in [6.07, 6.45) is -0.718. The second-order valence-electron chi connectivity index (χ2n) is 8.27. The molecule has 0 heterocycles. The van der Waals surface area contributed by atoms with E-state index in [4.69, 9.17) is 21.0 Å². The first-order chi connectivity index (χ1) is 13.9. The number of ether oxygens (including phenoxy) is 1. The zero-order chi connectivity index (χ0) is 22.9. The molecule has 0 saturated carbocycles. The van der Waals surface area contributed by atoms with Gasteiger partial charge in [-0.15, -0.1) is 0 Å². The average molecular weight is 421 g/mol. The Morgan fingerprint density at radius 2 is 1.70 bits per heavy atom. The number of carbonyl (C=O) groups excluding carboxylic acids is 3. The highest BCUT2D eigenvalue weighted by Gasteiger charge is 2.26. The van der Waals surface area contributed by atoms with E-state index in [1.807, 2.05) is 24.3 Å². The van der Waals surface area contributed by atoms with Crippen LogP contribution in [0.4, 0.5) is 4.79 Å². The number of nitrogens with zero attached hydrogens (tertiary/aromatic N) is 1. The van der Waals surface area contributed by atoms with Crippen LogP contribution in [0, 0.1) is 0 Å². The predicted molar refractivity (Wildman–Crippen MR) is 114 cm³/mol. The van der Waals surface area contributed by atoms with E-state index < -0.39 is 29.6 Å². The molecule has 166 valence electrons. The number of nitrogens with two attached hydrogens (primary N) is 2. The predicted octanol–water partition coefficient (Wildman–Crippen LogP) is 2.33. The lowest BCUT2D eigenvalue weighted by Gasteiger charge is -2.22. The molecule has 0 fully saturated rings. The highest BCUT2D eigenvalue weighted by atomic mass is 16.7. The van der Waals surface area contributed by atoms with E-state index in [2.05, 4.69) is 24.3 Å². The van der Waals surface area contributed by atoms with Crippen molar-refractivity contribution in [1.82, 2.24) is 5.32 Å². The molecule has 0 spiro atoms. The average Bonchev–Trinajstić information content (AvgIpc) is 2.62. The number of hydrogen-bond donors (Lipinski definition) is 3. The van der Waals surface area contributed by atoms with Crippen LogP contribution in [0.25, 0.3) is 0 Å². The molecule has 0 aliphatic carbocycles. The van der Waals surface area contributed by atoms with Crippen LogP contribution in [-0.2, 0) is 25.6 Å². The zero-order valence-corrected chi connectivity index (χ0v) is 18.2. The number of amidine groups is 1. The van der Waals surface area contributed by atoms with Crippen molar-refractivity contribution in [2.75, 3.05) is 0 Å². The first kappa shape index (κ1) is 24.9. The van der Waals surface area contributed by atoms with Crippen LogP contribution in [0.2, 0.25) is 0 Å². The van der Waals surface area contributed by atoms with Gasteiger partial charge in [0.15, 0.2) is 0 Å². The maximum Gasteiger partial charge on any atom is 0.408 e. The van der Waals surface area contributed by atoms with Crippen molar-refractivity contribution < 1.29 is 24.0 Å². The van der Waals surface area contributed by atoms with Gasteiger partial charge in [0, 0.05) is 12.8 Å². The van der Waals surface area contributed by atoms with Crippen molar-refractivity contribution in [2.24, 2.45) is 16.6 Å². The number of carbonyl (C=O) groups is 3. The number of benzene rings is 1. The van der Waals surface area contributed by atoms with Crippen LogP contribution >= 0.6 is 0 Å². The van der Waals surface area contributed by atoms with Gasteiger partial charge in [-0.2, -0.15) is 0 Å². The van der Waals surface area contributed by atoms with E-state index in [1.54, 1.807) is 20.8 Å². The summed E-state index contributed by atoms with van der Waals surface area (Å²) in [5.74, 6) is -0.987. The molecule has 9 nitrogen and oxygen atoms in total. The minimum Gasteiger partial charge on any atom is -0.444 e. The SMILES string of the molecule is CC(C)c1ccc(C/C(N)=N/OC(=O)[C@H](CCC(N)=O)NC(=O)OC(C)(C)C)cc1. The Balaban J connectivity index is 2.73. The summed E-state index contributed by atoms with van der Waals surface area (Å²) in [5, 5.41) is 6.01. The second kappa shape index (κ2) is 11.2. The van der Waals surface area contributed by atoms with Gasteiger partial charge < -0.3 is 26.4 Å². The smallest absolute Gasteiger partial charge is 0.408 e. The molecule has 0 aliphatic rings. The second-order valence-corrected chi connectivity index (χ2v) is 8.27. The summed E-state index contributed by atoms with van der Waals surface area (Å²) in [7, 11) is 0. The highest BCUT2D eigenvalue weighted by molar-refractivity contribution is 5.85. The van der Waals surface area contributed by atoms with E-state index in [0.29, 0.717) is 5.92 Å². The summed E-state index contributed by atoms with van der Waals surface area (Å²) in [4.78, 5) is 40.2. The fraction of sp³-hybridized carbons (Fsp3) is 0.524. The third-order valence-electron chi connectivity index (χ3n) is 3.94. The van der Waals surface area contributed by atoms with Crippen LogP contribution in [0.1, 0.15) is 64.5 Å². The molecule has 0 bridgehead atoms. The number of nitrogens with one attached hydrogen (secondary N) is 1. The quantitative estimate of drug-likeness (QED) is 0.242. The summed E-state index contributed by atoms with van der Waals surface area (Å²) < 4.78 is 5.12. The molecule has 9 heteroatoms. The lowest BCUT2D eigenvalue weighted by Crippen LogP contribution is -2.44. The number of oxime groups is 1. The molecule has 5 N–H and O–H groups in total. The summed E-state index contributed by atoms with van der Waals surface area (Å²) >= 11 is 0. The normalized spacial score (nSPS) is 12.9. The Morgan fingerprint density at radius 1 is 1.10 bits per heavy atom. The number of primary amides is 1. The number of rotatable bonds is 9. The fourth-order valence-corrected chi connectivity index (χ4v) is 2.41. The Morgan fingerprint density at radius 3 is 2.20 bits per heavy atom. The molecule has 0 radical (unpaired) electrons. The van der Waals surface area contributed by atoms with Crippen molar-refractivity contribution in [1.29, 1.82) is 0 Å². The molecule has 30 heavy (non-hydrogen) atoms. The topological polar surface area (TPSA) is 146 Å². The molecule has 1 aromatic carbocycles. The Bertz CT molecular complexity index is 767. The standard InChI is InChI=1S/C21H32N4O5/c1-13(2)15-8-6-14(7-9-15)12-17(22)25-30-19(27)16(10-11-18(23)26)24-20(28)29-21(3,4)5/h6-9,13,16H,10-12H2,1-5H3,(H2,22,25)(H2,23,26)(H,24,28)/t16-/m0/s1. The molecule has 1 rings (SSSR count). The molecular formula is C21H32N4O5. The first-order valence-corrected chi connectivity index (χ1v) is 9.77. The van der Waals surface area contributed by atoms with Gasteiger partial charge >= 0.3 is 12.1 Å². The number of amides is 2. The van der Waals surface area contributed by atoms with Gasteiger partial charge in [0.1, 0.15) is 17.5 Å². The number of hydrogen-bond acceptors (Lipinski definition) is 6. The van der Waals surface area contributed by atoms with Crippen molar-refractivity contribution in [3.8, 4) is 0 Å². The van der Waals surface area contributed by atoms with Crippen LogP contribution < -0.4 is 16.8 Å². The summed E-state index contributed by atoms with van der Waals surface area (Å²) in [6.45, 7) is 9.25. The van der Waals surface area contributed by atoms with E-state index >= 15 is 0 Å². The van der Waals surface area contributed by atoms with Gasteiger partial charge in [0.25, 0.3) is 0 Å². The highest BCUT2D eigenvalue weighted by Crippen LogP contribution is 2.15. The maximum absolute atomic E-state index is 12.3. The minimum absolute atomic E-state index is 0.0561. The van der Waals surface area contributed by atoms with Gasteiger partial charge in [-0.3, -0.25) is 4.79 Å². The van der Waals surface area contributed by atoms with E-state index in [1.165, 1.54) is 5.56 Å². The first-order valence-electron chi connectivity index (χ1n) is 9.77. The van der Waals surface area contributed by atoms with Gasteiger partial charge in [-0.1, -0.05) is 43.3 Å². The lowest BCUT2D eigenvalue weighted by molar-refractivity contribution is -0.146. The summed E-state index contributed by atoms with van der Waals surface area (Å²) in [6, 6.07) is 6.71. The Kier molecular flexibility index (Phi) is 9.29. The van der Waals surface area contributed by atoms with Crippen LogP contribution in [0.3, 0.4) is 0 Å². The molecule has 0 aliphatic heterocycles. The maximum atomic E-state index is 12.3. The van der Waals surface area contributed by atoms with Gasteiger partial charge in [-0.05, 0) is 44.2 Å². The van der Waals surface area contributed by atoms with E-state index in [9.17, 15) is 14.4 Å². The lowest BCUT2D eigenvalue weighted by atomic mass is 10.0. The molecular weight excluding hydrogens is 388 g/mol. The molecule has 0 saturated heterocycles. The van der Waals surface area contributed by atoms with Crippen molar-refractivity contribution in [2.45, 2.75) is 71.4 Å². The molecule has 2 amide bonds. The Labute approximate surface area is 177 Å². The summed E-state index contributed by atoms with van der Waals surface area (Å²) in [5.41, 5.74) is 12.3. The van der Waals surface area contributed by atoms with E-state index in [0.717, 1.165) is 5.56 Å². The number of alkyl carbamates (subject to hydrolysis) is 1. The molecule has 0 aromatic heterocycles. The van der Waals surface area contributed by atoms with Gasteiger partial charge in [0.05, 0.1) is 0 Å². The van der Waals surface area contributed by atoms with Crippen molar-refractivity contribution in [3.63, 3.8) is 0 Å². The van der Waals surface area contributed by atoms with Crippen LogP contribution in [-0.4, -0.2) is 35.4 Å². The van der Waals surface area contributed by atoms with Crippen molar-refractivity contribution in [3.05, 3.63) is 35.4 Å². The fourth-order valence-electron chi connectivity index (χ4n) is 2.41. The van der Waals surface area contributed by atoms with Gasteiger partial charge in [0.2, 0.25) is 5.91 Å². The largest absolute Gasteiger partial charge is 0.444 e. The minimum atomic E-state index is -1.16. The van der Waals surface area contributed by atoms with Crippen molar-refractivity contribution >= 4 is 23.8 Å². The molecule has 0 unspecified atom stereocenters. The zero-order valence-electron chi connectivity index (χ0n) is 18.2. The van der Waals surface area contributed by atoms with Crippen LogP contribution in [0.15, 0.2) is 29.4 Å². The molecule has 1 atom stereocenters. The van der Waals surface area contributed by atoms with Crippen LogP contribution in [0.5, 0.6) is 0 Å². The Hall–Kier alpha value is -3.10. The third kappa shape index (κ3) is 9.90. The van der Waals surface area contributed by atoms with E-state index in [-0.39, 0.29) is 25.1 Å². The monoisotopic (exact) mass is 420 g/mol. The van der Waals surface area contributed by atoms with Gasteiger partial charge in [-0.25, -0.2) is 9.59 Å². The molecule has 1 aromatic rings. The third-order valence-corrected chi connectivity index (χ3v) is 3.94.